The van der Waals surface area contributed by atoms with Crippen LogP contribution >= 0.6 is 22.0 Å². The fraction of sp³-hybridized carbons (Fsp3) is 0.0909. The summed E-state index contributed by atoms with van der Waals surface area (Å²) in [6.45, 7) is 1.78. The molecule has 11 nitrogen and oxygen atoms in total. The minimum atomic E-state index is -3.87. The molecule has 0 saturated carbocycles. The van der Waals surface area contributed by atoms with Gasteiger partial charge in [0.1, 0.15) is 0 Å². The van der Waals surface area contributed by atoms with E-state index in [9.17, 15) is 8.42 Å². The van der Waals surface area contributed by atoms with Gasteiger partial charge >= 0.3 is 25.2 Å². The maximum atomic E-state index is 12.6. The molecule has 1 aromatic heterocycles. The number of hydrogen-bond acceptors (Lipinski definition) is 11. The Hall–Kier alpha value is -3.07. The van der Waals surface area contributed by atoms with Gasteiger partial charge in [0.25, 0.3) is 10.0 Å². The van der Waals surface area contributed by atoms with E-state index in [4.69, 9.17) is 22.8 Å². The monoisotopic (exact) mass is 637 g/mol. The van der Waals surface area contributed by atoms with Crippen molar-refractivity contribution in [2.24, 2.45) is 14.7 Å². The molecule has 0 unspecified atom stereocenters. The van der Waals surface area contributed by atoms with Crippen LogP contribution in [0.5, 0.6) is 5.88 Å². The molecule has 201 valence electrons. The molecule has 3 aromatic rings. The second-order valence-electron chi connectivity index (χ2n) is 7.18. The zero-order valence-electron chi connectivity index (χ0n) is 19.7. The zero-order chi connectivity index (χ0) is 27.7. The summed E-state index contributed by atoms with van der Waals surface area (Å²) in [7, 11) is 1.77. The van der Waals surface area contributed by atoms with E-state index < -0.39 is 10.0 Å². The van der Waals surface area contributed by atoms with Gasteiger partial charge in [-0.15, -0.1) is 24.1 Å². The topological polar surface area (TPSA) is 145 Å². The molecular formula is C22H19ClCuN8O3S3. The molecule has 0 saturated heterocycles. The van der Waals surface area contributed by atoms with Crippen LogP contribution in [-0.2, 0) is 37.8 Å². The molecule has 2 N–H and O–H groups in total. The van der Waals surface area contributed by atoms with E-state index in [0.29, 0.717) is 21.2 Å². The van der Waals surface area contributed by atoms with Crippen LogP contribution in [0, 0.1) is 5.41 Å². The SMILES string of the molecule is COc1ccc(NS(=O)(=O)c2ccc(N=NS/C([S-])=C3\C(=N)N(c4ccccc4)N=C3C)cc2)nn1.[Cl][Cu+]. The maximum absolute atomic E-state index is 12.6. The first-order valence-electron chi connectivity index (χ1n) is 10.4. The normalized spacial score (nSPS) is 14.6. The van der Waals surface area contributed by atoms with Gasteiger partial charge in [0.2, 0.25) is 5.88 Å². The molecule has 4 rings (SSSR count). The fourth-order valence-corrected chi connectivity index (χ4v) is 4.94. The molecule has 16 heteroatoms. The summed E-state index contributed by atoms with van der Waals surface area (Å²) >= 11 is 10.0. The number of halogens is 1. The van der Waals surface area contributed by atoms with Crippen molar-refractivity contribution in [2.75, 3.05) is 16.8 Å². The van der Waals surface area contributed by atoms with E-state index >= 15 is 0 Å². The first kappa shape index (κ1) is 29.5. The van der Waals surface area contributed by atoms with Crippen LogP contribution < -0.4 is 14.5 Å². The number of nitrogens with zero attached hydrogens (tertiary/aromatic N) is 6. The van der Waals surface area contributed by atoms with E-state index in [-0.39, 0.29) is 22.4 Å². The van der Waals surface area contributed by atoms with Crippen molar-refractivity contribution in [3.8, 4) is 5.88 Å². The number of sulfonamides is 1. The summed E-state index contributed by atoms with van der Waals surface area (Å²) in [6.07, 6.45) is 0. The van der Waals surface area contributed by atoms with Crippen molar-refractivity contribution in [3.63, 3.8) is 0 Å². The summed E-state index contributed by atoms with van der Waals surface area (Å²) in [5.41, 5.74) is 2.30. The number of ether oxygens (including phenoxy) is 1. The van der Waals surface area contributed by atoms with Crippen LogP contribution in [-0.4, -0.2) is 37.3 Å². The number of hydrogen-bond donors (Lipinski definition) is 2. The summed E-state index contributed by atoms with van der Waals surface area (Å²) < 4.78 is 36.8. The third-order valence-electron chi connectivity index (χ3n) is 4.78. The number of aromatic nitrogens is 2. The summed E-state index contributed by atoms with van der Waals surface area (Å²) in [6, 6.07) is 18.1. The zero-order valence-corrected chi connectivity index (χ0v) is 23.8. The molecule has 1 aliphatic rings. The standard InChI is InChI=1S/C22H20N8O3S3.ClH.Cu/c1-14-20(21(23)30(27-14)16-6-4-3-5-7-16)22(34)35-29-24-15-8-10-17(11-9-15)36(31,32)28-18-12-13-19(33-2)26-25-18;;/h3-13,23,34H,1-2H3,(H,25,28);1H;/q;;+2/p-2/b22-20-,23-21?,29-24?;;. The third kappa shape index (κ3) is 7.28. The van der Waals surface area contributed by atoms with Gasteiger partial charge in [-0.3, -0.25) is 10.1 Å². The molecular weight excluding hydrogens is 619 g/mol. The van der Waals surface area contributed by atoms with Gasteiger partial charge in [-0.25, -0.2) is 13.4 Å². The second kappa shape index (κ2) is 13.6. The molecule has 0 spiro atoms. The number of amidine groups is 1. The van der Waals surface area contributed by atoms with Gasteiger partial charge < -0.3 is 17.4 Å². The van der Waals surface area contributed by atoms with E-state index in [1.54, 1.807) is 6.92 Å². The molecule has 2 aromatic carbocycles. The average molecular weight is 639 g/mol. The van der Waals surface area contributed by atoms with Crippen LogP contribution in [0.1, 0.15) is 6.92 Å². The Morgan fingerprint density at radius 1 is 1.11 bits per heavy atom. The molecule has 0 atom stereocenters. The van der Waals surface area contributed by atoms with Gasteiger partial charge in [-0.05, 0) is 49.4 Å². The Bertz CT molecular complexity index is 1470. The molecule has 0 radical (unpaired) electrons. The Labute approximate surface area is 242 Å². The average Bonchev–Trinajstić information content (AvgIpc) is 3.24. The number of hydrazone groups is 1. The van der Waals surface area contributed by atoms with Crippen molar-refractivity contribution >= 4 is 73.4 Å². The van der Waals surface area contributed by atoms with E-state index in [1.165, 1.54) is 48.5 Å². The van der Waals surface area contributed by atoms with Gasteiger partial charge in [-0.2, -0.15) is 5.10 Å². The van der Waals surface area contributed by atoms with Crippen LogP contribution in [0.25, 0.3) is 0 Å². The Balaban J connectivity index is 0.00000195. The number of rotatable bonds is 8. The van der Waals surface area contributed by atoms with Gasteiger partial charge in [0.15, 0.2) is 11.7 Å². The van der Waals surface area contributed by atoms with Crippen molar-refractivity contribution in [1.82, 2.24) is 10.2 Å². The van der Waals surface area contributed by atoms with Crippen LogP contribution in [0.2, 0.25) is 0 Å². The van der Waals surface area contributed by atoms with Gasteiger partial charge in [0, 0.05) is 23.6 Å². The van der Waals surface area contributed by atoms with E-state index in [2.05, 4.69) is 54.9 Å². The molecule has 1 aliphatic heterocycles. The Morgan fingerprint density at radius 3 is 2.39 bits per heavy atom. The molecule has 2 heterocycles. The van der Waals surface area contributed by atoms with Gasteiger partial charge in [0.05, 0.1) is 29.1 Å². The van der Waals surface area contributed by atoms with Crippen molar-refractivity contribution < 1.29 is 28.3 Å². The van der Waals surface area contributed by atoms with E-state index in [1.807, 2.05) is 30.3 Å². The molecule has 38 heavy (non-hydrogen) atoms. The number of methoxy groups -OCH3 is 1. The van der Waals surface area contributed by atoms with Crippen LogP contribution in [0.3, 0.4) is 0 Å². The Kier molecular flexibility index (Phi) is 10.6. The third-order valence-corrected chi connectivity index (χ3v) is 7.11. The van der Waals surface area contributed by atoms with Crippen molar-refractivity contribution in [2.45, 2.75) is 11.8 Å². The Morgan fingerprint density at radius 2 is 1.79 bits per heavy atom. The predicted molar refractivity (Wildman–Crippen MR) is 148 cm³/mol. The molecule has 0 amide bonds. The molecule has 0 fully saturated rings. The number of nitrogens with one attached hydrogen (secondary N) is 2. The number of benzene rings is 2. The van der Waals surface area contributed by atoms with Crippen LogP contribution in [0.4, 0.5) is 17.2 Å². The quantitative estimate of drug-likeness (QED) is 0.146. The van der Waals surface area contributed by atoms with Crippen molar-refractivity contribution in [1.29, 1.82) is 5.41 Å². The fourth-order valence-electron chi connectivity index (χ4n) is 3.05. The summed E-state index contributed by atoms with van der Waals surface area (Å²) in [5, 5.41) is 26.0. The first-order valence-corrected chi connectivity index (χ1v) is 14.4. The number of anilines is 2. The predicted octanol–water partition coefficient (Wildman–Crippen LogP) is 5.34. The molecule has 0 aliphatic carbocycles. The van der Waals surface area contributed by atoms with Gasteiger partial charge in [-0.1, -0.05) is 18.2 Å². The minimum absolute atomic E-state index is 0.0186. The second-order valence-corrected chi connectivity index (χ2v) is 10.3. The number of para-hydroxylation sites is 1. The van der Waals surface area contributed by atoms with E-state index in [0.717, 1.165) is 17.6 Å². The molecule has 0 bridgehead atoms. The first-order chi connectivity index (χ1) is 18.3. The summed E-state index contributed by atoms with van der Waals surface area (Å²) in [5.74, 6) is 0.489. The van der Waals surface area contributed by atoms with Crippen molar-refractivity contribution in [3.05, 3.63) is 76.5 Å². The summed E-state index contributed by atoms with van der Waals surface area (Å²) in [4.78, 5) is 0.0186. The van der Waals surface area contributed by atoms with Crippen LogP contribution in [0.15, 0.2) is 96.2 Å².